The predicted molar refractivity (Wildman–Crippen MR) is 65.1 cm³/mol. The average molecular weight is 214 g/mol. The molecule has 1 N–H and O–H groups in total. The minimum atomic E-state index is 0.699. The lowest BCUT2D eigenvalue weighted by Crippen LogP contribution is -2.34. The second-order valence-corrected chi connectivity index (χ2v) is 4.49. The molecule has 0 bridgehead atoms. The van der Waals surface area contributed by atoms with E-state index in [9.17, 15) is 0 Å². The molecule has 1 aromatic rings. The Kier molecular flexibility index (Phi) is 3.96. The lowest BCUT2D eigenvalue weighted by molar-refractivity contribution is 0.383. The van der Waals surface area contributed by atoms with Crippen molar-refractivity contribution in [2.24, 2.45) is 0 Å². The van der Waals surface area contributed by atoms with Crippen molar-refractivity contribution >= 4 is 0 Å². The van der Waals surface area contributed by atoms with Crippen LogP contribution in [-0.2, 0) is 6.42 Å². The van der Waals surface area contributed by atoms with Crippen LogP contribution in [-0.4, -0.2) is 12.6 Å². The molecular weight excluding hydrogens is 196 g/mol. The van der Waals surface area contributed by atoms with E-state index >= 15 is 0 Å². The van der Waals surface area contributed by atoms with Crippen molar-refractivity contribution in [2.45, 2.75) is 38.1 Å². The molecular formula is C14H18N2. The number of hydrogen-bond acceptors (Lipinski definition) is 2. The molecule has 0 aromatic heterocycles. The fourth-order valence-corrected chi connectivity index (χ4v) is 2.26. The third kappa shape index (κ3) is 3.08. The maximum atomic E-state index is 8.70. The zero-order valence-corrected chi connectivity index (χ0v) is 9.58. The molecule has 0 saturated carbocycles. The van der Waals surface area contributed by atoms with Gasteiger partial charge in [0.2, 0.25) is 0 Å². The average Bonchev–Trinajstić information content (AvgIpc) is 2.38. The highest BCUT2D eigenvalue weighted by Crippen LogP contribution is 2.13. The van der Waals surface area contributed by atoms with Gasteiger partial charge in [-0.15, -0.1) is 0 Å². The highest BCUT2D eigenvalue weighted by atomic mass is 14.9. The van der Waals surface area contributed by atoms with Gasteiger partial charge >= 0.3 is 0 Å². The van der Waals surface area contributed by atoms with Crippen LogP contribution >= 0.6 is 0 Å². The van der Waals surface area contributed by atoms with Crippen LogP contribution in [0.5, 0.6) is 0 Å². The summed E-state index contributed by atoms with van der Waals surface area (Å²) in [5.74, 6) is 0. The zero-order chi connectivity index (χ0) is 11.2. The number of hydrogen-bond donors (Lipinski definition) is 1. The molecule has 0 radical (unpaired) electrons. The SMILES string of the molecule is N#Cc1ccc(CCC2CCCCN2)cc1. The second-order valence-electron chi connectivity index (χ2n) is 4.49. The van der Waals surface area contributed by atoms with E-state index in [1.807, 2.05) is 12.1 Å². The highest BCUT2D eigenvalue weighted by Gasteiger charge is 2.11. The Balaban J connectivity index is 1.82. The second kappa shape index (κ2) is 5.67. The smallest absolute Gasteiger partial charge is 0.0991 e. The summed E-state index contributed by atoms with van der Waals surface area (Å²) in [4.78, 5) is 0. The lowest BCUT2D eigenvalue weighted by Gasteiger charge is -2.23. The molecule has 0 aliphatic carbocycles. The van der Waals surface area contributed by atoms with Gasteiger partial charge in [-0.3, -0.25) is 0 Å². The molecule has 1 aliphatic rings. The molecule has 84 valence electrons. The molecule has 16 heavy (non-hydrogen) atoms. The largest absolute Gasteiger partial charge is 0.314 e. The summed E-state index contributed by atoms with van der Waals surface area (Å²) in [5.41, 5.74) is 2.09. The molecule has 1 fully saturated rings. The molecule has 2 rings (SSSR count). The normalized spacial score (nSPS) is 20.3. The number of aryl methyl sites for hydroxylation is 1. The summed E-state index contributed by atoms with van der Waals surface area (Å²) >= 11 is 0. The first-order valence-electron chi connectivity index (χ1n) is 6.11. The number of nitriles is 1. The molecule has 1 unspecified atom stereocenters. The summed E-state index contributed by atoms with van der Waals surface area (Å²) in [6.07, 6.45) is 6.34. The molecule has 1 aliphatic heterocycles. The molecule has 1 saturated heterocycles. The van der Waals surface area contributed by atoms with Crippen LogP contribution in [0.2, 0.25) is 0 Å². The topological polar surface area (TPSA) is 35.8 Å². The van der Waals surface area contributed by atoms with Crippen molar-refractivity contribution in [3.8, 4) is 6.07 Å². The Morgan fingerprint density at radius 2 is 2.06 bits per heavy atom. The number of piperidine rings is 1. The third-order valence-corrected chi connectivity index (χ3v) is 3.28. The Labute approximate surface area is 97.3 Å². The number of nitrogens with one attached hydrogen (secondary N) is 1. The maximum absolute atomic E-state index is 8.70. The monoisotopic (exact) mass is 214 g/mol. The summed E-state index contributed by atoms with van der Waals surface area (Å²) < 4.78 is 0. The van der Waals surface area contributed by atoms with Crippen LogP contribution in [0.1, 0.15) is 36.8 Å². The minimum absolute atomic E-state index is 0.699. The first-order chi connectivity index (χ1) is 7.88. The van der Waals surface area contributed by atoms with Crippen LogP contribution in [0.4, 0.5) is 0 Å². The Morgan fingerprint density at radius 1 is 1.25 bits per heavy atom. The Bertz CT molecular complexity index is 355. The molecule has 0 spiro atoms. The molecule has 2 heteroatoms. The Morgan fingerprint density at radius 3 is 2.69 bits per heavy atom. The van der Waals surface area contributed by atoms with Gasteiger partial charge in [0.05, 0.1) is 11.6 Å². The van der Waals surface area contributed by atoms with Crippen LogP contribution in [0.15, 0.2) is 24.3 Å². The van der Waals surface area contributed by atoms with E-state index in [0.717, 1.165) is 12.0 Å². The van der Waals surface area contributed by atoms with Gasteiger partial charge in [0.15, 0.2) is 0 Å². The zero-order valence-electron chi connectivity index (χ0n) is 9.58. The van der Waals surface area contributed by atoms with E-state index in [4.69, 9.17) is 5.26 Å². The van der Waals surface area contributed by atoms with Gasteiger partial charge in [0.1, 0.15) is 0 Å². The van der Waals surface area contributed by atoms with Crippen molar-refractivity contribution in [2.75, 3.05) is 6.54 Å². The summed E-state index contributed by atoms with van der Waals surface area (Å²) in [6, 6.07) is 10.8. The van der Waals surface area contributed by atoms with Gasteiger partial charge in [-0.05, 0) is 49.9 Å². The van der Waals surface area contributed by atoms with E-state index < -0.39 is 0 Å². The van der Waals surface area contributed by atoms with E-state index in [0.29, 0.717) is 6.04 Å². The Hall–Kier alpha value is -1.33. The van der Waals surface area contributed by atoms with Gasteiger partial charge < -0.3 is 5.32 Å². The number of benzene rings is 1. The fourth-order valence-electron chi connectivity index (χ4n) is 2.26. The first kappa shape index (κ1) is 11.2. The molecule has 1 heterocycles. The van der Waals surface area contributed by atoms with Crippen molar-refractivity contribution in [1.29, 1.82) is 5.26 Å². The number of rotatable bonds is 3. The standard InChI is InChI=1S/C14H18N2/c15-11-13-6-4-12(5-7-13)8-9-14-3-1-2-10-16-14/h4-7,14,16H,1-3,8-10H2. The van der Waals surface area contributed by atoms with Crippen molar-refractivity contribution < 1.29 is 0 Å². The molecule has 1 atom stereocenters. The van der Waals surface area contributed by atoms with Gasteiger partial charge in [-0.1, -0.05) is 18.6 Å². The molecule has 2 nitrogen and oxygen atoms in total. The lowest BCUT2D eigenvalue weighted by atomic mass is 9.98. The van der Waals surface area contributed by atoms with Crippen molar-refractivity contribution in [3.05, 3.63) is 35.4 Å². The number of nitrogens with zero attached hydrogens (tertiary/aromatic N) is 1. The van der Waals surface area contributed by atoms with E-state index in [2.05, 4.69) is 23.5 Å². The minimum Gasteiger partial charge on any atom is -0.314 e. The van der Waals surface area contributed by atoms with Crippen LogP contribution < -0.4 is 5.32 Å². The summed E-state index contributed by atoms with van der Waals surface area (Å²) in [7, 11) is 0. The highest BCUT2D eigenvalue weighted by molar-refractivity contribution is 5.31. The third-order valence-electron chi connectivity index (χ3n) is 3.28. The predicted octanol–water partition coefficient (Wildman–Crippen LogP) is 2.63. The maximum Gasteiger partial charge on any atom is 0.0991 e. The van der Waals surface area contributed by atoms with Gasteiger partial charge in [0, 0.05) is 6.04 Å². The van der Waals surface area contributed by atoms with Crippen LogP contribution in [0, 0.1) is 11.3 Å². The van der Waals surface area contributed by atoms with E-state index in [1.54, 1.807) is 0 Å². The fraction of sp³-hybridized carbons (Fsp3) is 0.500. The molecule has 1 aromatic carbocycles. The van der Waals surface area contributed by atoms with E-state index in [-0.39, 0.29) is 0 Å². The first-order valence-corrected chi connectivity index (χ1v) is 6.11. The van der Waals surface area contributed by atoms with Crippen molar-refractivity contribution in [1.82, 2.24) is 5.32 Å². The summed E-state index contributed by atoms with van der Waals surface area (Å²) in [6.45, 7) is 1.18. The van der Waals surface area contributed by atoms with Crippen molar-refractivity contribution in [3.63, 3.8) is 0 Å². The van der Waals surface area contributed by atoms with Gasteiger partial charge in [0.25, 0.3) is 0 Å². The van der Waals surface area contributed by atoms with Gasteiger partial charge in [-0.2, -0.15) is 5.26 Å². The molecule has 0 amide bonds. The quantitative estimate of drug-likeness (QED) is 0.839. The van der Waals surface area contributed by atoms with Crippen LogP contribution in [0.3, 0.4) is 0 Å². The van der Waals surface area contributed by atoms with E-state index in [1.165, 1.54) is 37.8 Å². The van der Waals surface area contributed by atoms with Crippen LogP contribution in [0.25, 0.3) is 0 Å². The summed E-state index contributed by atoms with van der Waals surface area (Å²) in [5, 5.41) is 12.3. The van der Waals surface area contributed by atoms with Gasteiger partial charge in [-0.25, -0.2) is 0 Å².